The molecule has 1 aromatic heterocycles. The third kappa shape index (κ3) is 5.49. The first kappa shape index (κ1) is 29.9. The average molecular weight is 753 g/mol. The smallest absolute Gasteiger partial charge is 0.324 e. The van der Waals surface area contributed by atoms with Crippen LogP contribution in [0.4, 0.5) is 24.5 Å². The van der Waals surface area contributed by atoms with E-state index in [9.17, 15) is 32.3 Å². The minimum Gasteiger partial charge on any atom is -0.324 e. The molecule has 14 heteroatoms. The normalized spacial score (nSPS) is 19.7. The summed E-state index contributed by atoms with van der Waals surface area (Å²) in [5, 5.41) is 1.71. The number of aromatic nitrogens is 1. The van der Waals surface area contributed by atoms with E-state index in [1.807, 2.05) is 0 Å². The number of anilines is 2. The number of fused-ring (bicyclic) bond motifs is 2. The SMILES string of the molecule is O=C(Cn1c2c(sc1=O)[C@@H](c1ccc(Br)cc1)[C@@H]1C(=O)N(c3ccc(Br)cc3)C(=O)[C@@H]1S2)Nc1ccccc1C(F)(F)F. The topological polar surface area (TPSA) is 88.5 Å². The number of imide groups is 1. The minimum atomic E-state index is -4.69. The van der Waals surface area contributed by atoms with Crippen molar-refractivity contribution in [3.63, 3.8) is 0 Å². The molecule has 3 amide bonds. The highest BCUT2D eigenvalue weighted by atomic mass is 79.9. The van der Waals surface area contributed by atoms with Crippen molar-refractivity contribution in [3.05, 3.63) is 107 Å². The summed E-state index contributed by atoms with van der Waals surface area (Å²) in [4.78, 5) is 55.1. The van der Waals surface area contributed by atoms with Crippen LogP contribution in [-0.2, 0) is 27.1 Å². The molecule has 43 heavy (non-hydrogen) atoms. The number of hydrogen-bond acceptors (Lipinski definition) is 6. The first-order chi connectivity index (χ1) is 20.4. The summed E-state index contributed by atoms with van der Waals surface area (Å²) in [6.07, 6.45) is -4.69. The molecule has 3 atom stereocenters. The Hall–Kier alpha value is -3.20. The molecule has 6 rings (SSSR count). The van der Waals surface area contributed by atoms with Crippen LogP contribution in [0.3, 0.4) is 0 Å². The van der Waals surface area contributed by atoms with Crippen LogP contribution in [0.2, 0.25) is 0 Å². The predicted octanol–water partition coefficient (Wildman–Crippen LogP) is 6.89. The first-order valence-electron chi connectivity index (χ1n) is 12.7. The maximum absolute atomic E-state index is 13.9. The number of benzene rings is 3. The zero-order valence-corrected chi connectivity index (χ0v) is 26.4. The lowest BCUT2D eigenvalue weighted by molar-refractivity contribution is -0.137. The number of nitrogens with zero attached hydrogens (tertiary/aromatic N) is 2. The average Bonchev–Trinajstić information content (AvgIpc) is 3.40. The highest BCUT2D eigenvalue weighted by Crippen LogP contribution is 2.54. The number of rotatable bonds is 5. The standard InChI is InChI=1S/C29H18Br2F3N3O4S2/c30-15-7-5-14(6-8-15)21-22-23(26(40)37(25(22)39)17-11-9-16(31)10-12-17)42-27-24(21)43-28(41)36(27)13-20(38)35-19-4-2-1-3-18(19)29(32,33)34/h1-12,21-23H,13H2,(H,35,38)/t21-,22-,23+/m0/s1. The molecule has 3 aromatic carbocycles. The van der Waals surface area contributed by atoms with Crippen molar-refractivity contribution in [1.82, 2.24) is 4.57 Å². The number of hydrogen-bond donors (Lipinski definition) is 1. The lowest BCUT2D eigenvalue weighted by Gasteiger charge is -2.30. The van der Waals surface area contributed by atoms with E-state index in [0.29, 0.717) is 21.2 Å². The second kappa shape index (κ2) is 11.4. The number of carbonyl (C=O) groups is 3. The largest absolute Gasteiger partial charge is 0.418 e. The highest BCUT2D eigenvalue weighted by Gasteiger charge is 2.56. The van der Waals surface area contributed by atoms with Gasteiger partial charge in [0.25, 0.3) is 0 Å². The molecule has 0 unspecified atom stereocenters. The van der Waals surface area contributed by atoms with E-state index in [4.69, 9.17) is 0 Å². The molecule has 0 aliphatic carbocycles. The Bertz CT molecular complexity index is 1820. The van der Waals surface area contributed by atoms with Crippen molar-refractivity contribution in [2.45, 2.75) is 28.9 Å². The fraction of sp³-hybridized carbons (Fsp3) is 0.172. The van der Waals surface area contributed by atoms with Crippen LogP contribution >= 0.6 is 55.0 Å². The van der Waals surface area contributed by atoms with Gasteiger partial charge in [-0.25, -0.2) is 4.90 Å². The van der Waals surface area contributed by atoms with Gasteiger partial charge >= 0.3 is 11.0 Å². The summed E-state index contributed by atoms with van der Waals surface area (Å²) >= 11 is 8.65. The number of carbonyl (C=O) groups excluding carboxylic acids is 3. The van der Waals surface area contributed by atoms with E-state index >= 15 is 0 Å². The van der Waals surface area contributed by atoms with Crippen molar-refractivity contribution in [3.8, 4) is 0 Å². The Kier molecular flexibility index (Phi) is 7.90. The molecule has 0 bridgehead atoms. The van der Waals surface area contributed by atoms with Gasteiger partial charge in [-0.15, -0.1) is 0 Å². The van der Waals surface area contributed by atoms with Crippen LogP contribution in [0.15, 0.2) is 91.6 Å². The van der Waals surface area contributed by atoms with Gasteiger partial charge in [-0.05, 0) is 54.1 Å². The predicted molar refractivity (Wildman–Crippen MR) is 164 cm³/mol. The molecule has 1 N–H and O–H groups in total. The van der Waals surface area contributed by atoms with E-state index in [1.165, 1.54) is 16.7 Å². The Balaban J connectivity index is 1.39. The van der Waals surface area contributed by atoms with Crippen LogP contribution in [0, 0.1) is 5.92 Å². The third-order valence-electron chi connectivity index (χ3n) is 7.17. The van der Waals surface area contributed by atoms with Gasteiger partial charge in [-0.3, -0.25) is 23.7 Å². The van der Waals surface area contributed by atoms with E-state index in [1.54, 1.807) is 48.5 Å². The molecule has 0 spiro atoms. The van der Waals surface area contributed by atoms with Crippen LogP contribution < -0.4 is 15.1 Å². The molecule has 0 radical (unpaired) electrons. The molecule has 1 fully saturated rings. The second-order valence-electron chi connectivity index (χ2n) is 9.80. The fourth-order valence-electron chi connectivity index (χ4n) is 5.30. The molecular formula is C29H18Br2F3N3O4S2. The van der Waals surface area contributed by atoms with Crippen LogP contribution in [0.5, 0.6) is 0 Å². The van der Waals surface area contributed by atoms with Crippen LogP contribution in [0.25, 0.3) is 0 Å². The number of alkyl halides is 3. The van der Waals surface area contributed by atoms with Crippen molar-refractivity contribution >= 4 is 84.1 Å². The number of amides is 3. The van der Waals surface area contributed by atoms with E-state index in [-0.39, 0.29) is 0 Å². The van der Waals surface area contributed by atoms with Crippen LogP contribution in [-0.4, -0.2) is 27.5 Å². The summed E-state index contributed by atoms with van der Waals surface area (Å²) in [7, 11) is 0. The van der Waals surface area contributed by atoms with Crippen molar-refractivity contribution in [2.24, 2.45) is 5.92 Å². The van der Waals surface area contributed by atoms with E-state index in [2.05, 4.69) is 37.2 Å². The summed E-state index contributed by atoms with van der Waals surface area (Å²) in [6, 6.07) is 18.5. The number of thiazole rings is 1. The molecule has 0 saturated carbocycles. The highest BCUT2D eigenvalue weighted by molar-refractivity contribution is 9.10. The van der Waals surface area contributed by atoms with Gasteiger partial charge in [0, 0.05) is 19.7 Å². The molecule has 7 nitrogen and oxygen atoms in total. The lowest BCUT2D eigenvalue weighted by Crippen LogP contribution is -2.33. The summed E-state index contributed by atoms with van der Waals surface area (Å²) < 4.78 is 43.2. The minimum absolute atomic E-state index is 0.335. The Morgan fingerprint density at radius 2 is 1.51 bits per heavy atom. The lowest BCUT2D eigenvalue weighted by atomic mass is 9.83. The quantitative estimate of drug-likeness (QED) is 0.225. The van der Waals surface area contributed by atoms with Gasteiger partial charge < -0.3 is 5.32 Å². The molecule has 4 aromatic rings. The van der Waals surface area contributed by atoms with Crippen molar-refractivity contribution in [2.75, 3.05) is 10.2 Å². The molecule has 1 saturated heterocycles. The number of nitrogens with one attached hydrogen (secondary N) is 1. The molecule has 220 valence electrons. The van der Waals surface area contributed by atoms with Crippen molar-refractivity contribution in [1.29, 1.82) is 0 Å². The monoisotopic (exact) mass is 751 g/mol. The van der Waals surface area contributed by atoms with Crippen LogP contribution in [0.1, 0.15) is 21.9 Å². The van der Waals surface area contributed by atoms with Gasteiger partial charge in [0.2, 0.25) is 17.7 Å². The zero-order chi connectivity index (χ0) is 30.6. The van der Waals surface area contributed by atoms with Gasteiger partial charge in [0.15, 0.2) is 0 Å². The van der Waals surface area contributed by atoms with Gasteiger partial charge in [0.1, 0.15) is 11.8 Å². The van der Waals surface area contributed by atoms with Crippen molar-refractivity contribution < 1.29 is 27.6 Å². The second-order valence-corrected chi connectivity index (χ2v) is 13.8. The number of halogens is 5. The molecule has 2 aliphatic rings. The zero-order valence-electron chi connectivity index (χ0n) is 21.6. The summed E-state index contributed by atoms with van der Waals surface area (Å²) in [5.41, 5.74) is -0.334. The summed E-state index contributed by atoms with van der Waals surface area (Å²) in [5.74, 6) is -3.19. The third-order valence-corrected chi connectivity index (χ3v) is 10.8. The maximum Gasteiger partial charge on any atom is 0.418 e. The van der Waals surface area contributed by atoms with E-state index < -0.39 is 63.7 Å². The Morgan fingerprint density at radius 1 is 0.884 bits per heavy atom. The van der Waals surface area contributed by atoms with Gasteiger partial charge in [-0.1, -0.05) is 79.2 Å². The van der Waals surface area contributed by atoms with Gasteiger partial charge in [0.05, 0.1) is 27.9 Å². The first-order valence-corrected chi connectivity index (χ1v) is 16.0. The number of thioether (sulfide) groups is 1. The number of para-hydroxylation sites is 1. The Morgan fingerprint density at radius 3 is 2.16 bits per heavy atom. The van der Waals surface area contributed by atoms with Gasteiger partial charge in [-0.2, -0.15) is 13.2 Å². The summed E-state index contributed by atoms with van der Waals surface area (Å²) in [6.45, 7) is -0.577. The Labute approximate surface area is 267 Å². The molecule has 3 heterocycles. The molecular weight excluding hydrogens is 735 g/mol. The molecule has 2 aliphatic heterocycles. The van der Waals surface area contributed by atoms with E-state index in [0.717, 1.165) is 49.1 Å². The fourth-order valence-corrected chi connectivity index (χ4v) is 8.60. The maximum atomic E-state index is 13.9.